The second-order valence-electron chi connectivity index (χ2n) is 9.37. The standard InChI is InChI=1S/C28H35FN2O7/c1-3-36-11-8-30-27(33)20-5-4-17(13-23(20)29)12-19-14-22(26(35-2)21-7-10-38-25(19)21)28(34)31-15-18-6-9-37-16-24(18)32/h4-5,13-14,18,24,32H,3,6-12,15-16H2,1-2H3,(H,30,33)(H,31,34)/t18-,24+/m1/s1. The van der Waals surface area contributed by atoms with E-state index in [1.807, 2.05) is 6.92 Å². The van der Waals surface area contributed by atoms with E-state index in [9.17, 15) is 19.1 Å². The van der Waals surface area contributed by atoms with Crippen LogP contribution in [0.5, 0.6) is 11.5 Å². The van der Waals surface area contributed by atoms with E-state index >= 15 is 0 Å². The number of carbonyl (C=O) groups is 2. The zero-order valence-corrected chi connectivity index (χ0v) is 21.8. The lowest BCUT2D eigenvalue weighted by molar-refractivity contribution is -0.0425. The number of fused-ring (bicyclic) bond motifs is 1. The largest absolute Gasteiger partial charge is 0.495 e. The first-order valence-corrected chi connectivity index (χ1v) is 13.0. The maximum absolute atomic E-state index is 14.9. The number of rotatable bonds is 11. The average Bonchev–Trinajstić information content (AvgIpc) is 3.41. The summed E-state index contributed by atoms with van der Waals surface area (Å²) in [5.41, 5.74) is 2.47. The second-order valence-corrected chi connectivity index (χ2v) is 9.37. The molecule has 206 valence electrons. The Labute approximate surface area is 221 Å². The third kappa shape index (κ3) is 6.43. The molecule has 0 aromatic heterocycles. The van der Waals surface area contributed by atoms with Gasteiger partial charge in [0, 0.05) is 50.6 Å². The van der Waals surface area contributed by atoms with Gasteiger partial charge in [0.1, 0.15) is 17.3 Å². The van der Waals surface area contributed by atoms with Crippen LogP contribution in [-0.2, 0) is 22.3 Å². The first kappa shape index (κ1) is 27.8. The van der Waals surface area contributed by atoms with Crippen molar-refractivity contribution in [2.75, 3.05) is 53.2 Å². The van der Waals surface area contributed by atoms with E-state index in [1.54, 1.807) is 12.1 Å². The Hall–Kier alpha value is -3.21. The number of nitrogens with one attached hydrogen (secondary N) is 2. The van der Waals surface area contributed by atoms with Crippen LogP contribution in [-0.4, -0.2) is 76.3 Å². The fourth-order valence-electron chi connectivity index (χ4n) is 4.83. The molecule has 0 aliphatic carbocycles. The summed E-state index contributed by atoms with van der Waals surface area (Å²) in [5.74, 6) is -0.449. The fourth-order valence-corrected chi connectivity index (χ4v) is 4.83. The van der Waals surface area contributed by atoms with Gasteiger partial charge in [0.05, 0.1) is 44.2 Å². The van der Waals surface area contributed by atoms with Crippen molar-refractivity contribution in [3.8, 4) is 11.5 Å². The summed E-state index contributed by atoms with van der Waals surface area (Å²) < 4.78 is 36.8. The number of halogens is 1. The Morgan fingerprint density at radius 1 is 1.16 bits per heavy atom. The lowest BCUT2D eigenvalue weighted by atomic mass is 9.95. The number of amides is 2. The first-order valence-electron chi connectivity index (χ1n) is 13.0. The van der Waals surface area contributed by atoms with Crippen molar-refractivity contribution in [2.45, 2.75) is 32.3 Å². The van der Waals surface area contributed by atoms with Crippen molar-refractivity contribution < 1.29 is 38.0 Å². The van der Waals surface area contributed by atoms with Crippen molar-refractivity contribution in [3.63, 3.8) is 0 Å². The molecule has 2 aromatic carbocycles. The van der Waals surface area contributed by atoms with Crippen molar-refractivity contribution in [3.05, 3.63) is 57.9 Å². The normalized spacial score (nSPS) is 18.4. The molecule has 0 unspecified atom stereocenters. The van der Waals surface area contributed by atoms with Gasteiger partial charge >= 0.3 is 0 Å². The number of aliphatic hydroxyl groups excluding tert-OH is 1. The summed E-state index contributed by atoms with van der Waals surface area (Å²) in [4.78, 5) is 25.6. The van der Waals surface area contributed by atoms with Gasteiger partial charge in [-0.3, -0.25) is 9.59 Å². The van der Waals surface area contributed by atoms with E-state index < -0.39 is 17.8 Å². The Kier molecular flexibility index (Phi) is 9.54. The molecule has 2 amide bonds. The van der Waals surface area contributed by atoms with Crippen molar-refractivity contribution >= 4 is 11.8 Å². The number of carbonyl (C=O) groups excluding carboxylic acids is 2. The van der Waals surface area contributed by atoms with Crippen molar-refractivity contribution in [1.29, 1.82) is 0 Å². The molecule has 2 heterocycles. The Bertz CT molecular complexity index is 1160. The molecule has 38 heavy (non-hydrogen) atoms. The van der Waals surface area contributed by atoms with E-state index in [2.05, 4.69) is 10.6 Å². The SMILES string of the molecule is CCOCCNC(=O)c1ccc(Cc2cc(C(=O)NC[C@H]3CCOC[C@@H]3O)c(OC)c3c2OCC3)cc1F. The summed E-state index contributed by atoms with van der Waals surface area (Å²) in [6.07, 6.45) is 0.919. The molecule has 2 aromatic rings. The van der Waals surface area contributed by atoms with Crippen LogP contribution >= 0.6 is 0 Å². The van der Waals surface area contributed by atoms with Crippen LogP contribution in [0.25, 0.3) is 0 Å². The van der Waals surface area contributed by atoms with Crippen LogP contribution in [0.2, 0.25) is 0 Å². The molecule has 0 spiro atoms. The lowest BCUT2D eigenvalue weighted by Gasteiger charge is -2.28. The molecule has 3 N–H and O–H groups in total. The molecule has 4 rings (SSSR count). The van der Waals surface area contributed by atoms with E-state index in [1.165, 1.54) is 19.2 Å². The number of aliphatic hydroxyl groups is 1. The molecule has 2 aliphatic heterocycles. The van der Waals surface area contributed by atoms with Gasteiger partial charge < -0.3 is 34.7 Å². The molecule has 2 aliphatic rings. The summed E-state index contributed by atoms with van der Waals surface area (Å²) in [5, 5.41) is 15.7. The fraction of sp³-hybridized carbons (Fsp3) is 0.500. The maximum Gasteiger partial charge on any atom is 0.255 e. The van der Waals surface area contributed by atoms with E-state index in [0.29, 0.717) is 81.4 Å². The Balaban J connectivity index is 1.52. The highest BCUT2D eigenvalue weighted by Crippen LogP contribution is 2.40. The molecule has 1 saturated heterocycles. The highest BCUT2D eigenvalue weighted by atomic mass is 19.1. The van der Waals surface area contributed by atoms with Gasteiger partial charge in [-0.25, -0.2) is 4.39 Å². The van der Waals surface area contributed by atoms with Gasteiger partial charge in [0.15, 0.2) is 0 Å². The predicted molar refractivity (Wildman–Crippen MR) is 137 cm³/mol. The molecule has 2 atom stereocenters. The van der Waals surface area contributed by atoms with Crippen LogP contribution in [0.1, 0.15) is 50.8 Å². The summed E-state index contributed by atoms with van der Waals surface area (Å²) in [6.45, 7) is 4.62. The zero-order valence-electron chi connectivity index (χ0n) is 21.8. The highest BCUT2D eigenvalue weighted by Gasteiger charge is 2.29. The molecule has 0 radical (unpaired) electrons. The van der Waals surface area contributed by atoms with E-state index in [0.717, 1.165) is 11.1 Å². The topological polar surface area (TPSA) is 115 Å². The van der Waals surface area contributed by atoms with Gasteiger partial charge in [-0.2, -0.15) is 0 Å². The summed E-state index contributed by atoms with van der Waals surface area (Å²) in [6, 6.07) is 6.19. The van der Waals surface area contributed by atoms with Crippen LogP contribution in [0.4, 0.5) is 4.39 Å². The molecular weight excluding hydrogens is 495 g/mol. The number of ether oxygens (including phenoxy) is 4. The minimum Gasteiger partial charge on any atom is -0.495 e. The first-order chi connectivity index (χ1) is 18.4. The summed E-state index contributed by atoms with van der Waals surface area (Å²) in [7, 11) is 1.51. The molecule has 0 bridgehead atoms. The van der Waals surface area contributed by atoms with Gasteiger partial charge in [0.2, 0.25) is 0 Å². The Morgan fingerprint density at radius 2 is 1.97 bits per heavy atom. The van der Waals surface area contributed by atoms with Gasteiger partial charge in [-0.1, -0.05) is 6.07 Å². The highest BCUT2D eigenvalue weighted by molar-refractivity contribution is 5.98. The second kappa shape index (κ2) is 13.0. The Morgan fingerprint density at radius 3 is 2.71 bits per heavy atom. The van der Waals surface area contributed by atoms with Crippen LogP contribution in [0.3, 0.4) is 0 Å². The molecule has 9 nitrogen and oxygen atoms in total. The quantitative estimate of drug-likeness (QED) is 0.382. The van der Waals surface area contributed by atoms with Crippen LogP contribution < -0.4 is 20.1 Å². The monoisotopic (exact) mass is 530 g/mol. The smallest absolute Gasteiger partial charge is 0.255 e. The third-order valence-corrected chi connectivity index (χ3v) is 6.85. The van der Waals surface area contributed by atoms with E-state index in [4.69, 9.17) is 18.9 Å². The zero-order chi connectivity index (χ0) is 27.1. The minimum absolute atomic E-state index is 0.0446. The number of benzene rings is 2. The molecule has 0 saturated carbocycles. The maximum atomic E-state index is 14.9. The van der Waals surface area contributed by atoms with E-state index in [-0.39, 0.29) is 24.0 Å². The number of hydrogen-bond acceptors (Lipinski definition) is 7. The molecular formula is C28H35FN2O7. The van der Waals surface area contributed by atoms with Crippen molar-refractivity contribution in [2.24, 2.45) is 5.92 Å². The summed E-state index contributed by atoms with van der Waals surface area (Å²) >= 11 is 0. The minimum atomic E-state index is -0.629. The van der Waals surface area contributed by atoms with Gasteiger partial charge in [0.25, 0.3) is 11.8 Å². The van der Waals surface area contributed by atoms with Crippen molar-refractivity contribution in [1.82, 2.24) is 10.6 Å². The molecule has 10 heteroatoms. The predicted octanol–water partition coefficient (Wildman–Crippen LogP) is 2.25. The average molecular weight is 531 g/mol. The van der Waals surface area contributed by atoms with Crippen LogP contribution in [0.15, 0.2) is 24.3 Å². The third-order valence-electron chi connectivity index (χ3n) is 6.85. The number of hydrogen-bond donors (Lipinski definition) is 3. The lowest BCUT2D eigenvalue weighted by Crippen LogP contribution is -2.40. The molecule has 1 fully saturated rings. The van der Waals surface area contributed by atoms with Gasteiger partial charge in [-0.15, -0.1) is 0 Å². The van der Waals surface area contributed by atoms with Crippen LogP contribution in [0, 0.1) is 11.7 Å². The van der Waals surface area contributed by atoms with Gasteiger partial charge in [-0.05, 0) is 42.7 Å². The number of methoxy groups -OCH3 is 1.